The zero-order valence-electron chi connectivity index (χ0n) is 12.0. The summed E-state index contributed by atoms with van der Waals surface area (Å²) in [5.74, 6) is 3.30. The van der Waals surface area contributed by atoms with E-state index in [1.54, 1.807) is 0 Å². The van der Waals surface area contributed by atoms with E-state index in [1.807, 2.05) is 18.2 Å². The summed E-state index contributed by atoms with van der Waals surface area (Å²) in [5.41, 5.74) is 1.17. The summed E-state index contributed by atoms with van der Waals surface area (Å²) in [6.07, 6.45) is 7.81. The third-order valence-corrected chi connectivity index (χ3v) is 3.14. The number of halogens is 1. The molecule has 0 bridgehead atoms. The van der Waals surface area contributed by atoms with Crippen molar-refractivity contribution in [2.24, 2.45) is 4.99 Å². The zero-order chi connectivity index (χ0) is 14.0. The fraction of sp³-hybridized carbons (Fsp3) is 0.438. The lowest BCUT2D eigenvalue weighted by Gasteiger charge is -2.14. The first kappa shape index (κ1) is 17.8. The van der Waals surface area contributed by atoms with Crippen LogP contribution in [0.3, 0.4) is 0 Å². The van der Waals surface area contributed by atoms with Gasteiger partial charge in [0.15, 0.2) is 5.96 Å². The lowest BCUT2D eigenvalue weighted by atomic mass is 10.2. The number of nitrogens with one attached hydrogen (secondary N) is 2. The fourth-order valence-corrected chi connectivity index (χ4v) is 2.08. The number of aliphatic imine (C=N–C) groups is 1. The molecule has 1 fully saturated rings. The summed E-state index contributed by atoms with van der Waals surface area (Å²) in [4.78, 5) is 4.54. The number of rotatable bonds is 5. The molecule has 1 saturated heterocycles. The van der Waals surface area contributed by atoms with Gasteiger partial charge in [-0.2, -0.15) is 0 Å². The minimum absolute atomic E-state index is 0. The zero-order valence-corrected chi connectivity index (χ0v) is 14.4. The average Bonchev–Trinajstić information content (AvgIpc) is 3.01. The molecule has 1 heterocycles. The number of benzene rings is 1. The molecular formula is C16H22IN3O. The van der Waals surface area contributed by atoms with Crippen molar-refractivity contribution in [1.29, 1.82) is 0 Å². The van der Waals surface area contributed by atoms with Crippen LogP contribution >= 0.6 is 24.0 Å². The predicted molar refractivity (Wildman–Crippen MR) is 96.8 cm³/mol. The molecule has 1 aliphatic heterocycles. The van der Waals surface area contributed by atoms with Crippen molar-refractivity contribution >= 4 is 29.9 Å². The molecule has 114 valence electrons. The Morgan fingerprint density at radius 1 is 1.33 bits per heavy atom. The van der Waals surface area contributed by atoms with Crippen molar-refractivity contribution in [3.8, 4) is 12.3 Å². The number of hydrogen-bond donors (Lipinski definition) is 2. The summed E-state index contributed by atoms with van der Waals surface area (Å²) in [6, 6.07) is 10.1. The third kappa shape index (κ3) is 6.82. The summed E-state index contributed by atoms with van der Waals surface area (Å²) in [6.45, 7) is 2.73. The highest BCUT2D eigenvalue weighted by molar-refractivity contribution is 14.0. The number of terminal acetylenes is 1. The van der Waals surface area contributed by atoms with Crippen LogP contribution in [0.2, 0.25) is 0 Å². The Morgan fingerprint density at radius 3 is 2.81 bits per heavy atom. The van der Waals surface area contributed by atoms with Crippen LogP contribution in [0, 0.1) is 12.3 Å². The second-order valence-electron chi connectivity index (χ2n) is 4.72. The van der Waals surface area contributed by atoms with Gasteiger partial charge in [0.2, 0.25) is 0 Å². The molecule has 2 rings (SSSR count). The smallest absolute Gasteiger partial charge is 0.192 e. The maximum atomic E-state index is 5.58. The first-order valence-electron chi connectivity index (χ1n) is 6.99. The Hall–Kier alpha value is -1.26. The molecule has 0 aromatic heterocycles. The summed E-state index contributed by atoms with van der Waals surface area (Å²) in [7, 11) is 0. The highest BCUT2D eigenvalue weighted by Crippen LogP contribution is 2.10. The van der Waals surface area contributed by atoms with Crippen LogP contribution in [-0.2, 0) is 11.3 Å². The fourth-order valence-electron chi connectivity index (χ4n) is 2.08. The van der Waals surface area contributed by atoms with Gasteiger partial charge in [-0.05, 0) is 18.4 Å². The van der Waals surface area contributed by atoms with E-state index in [9.17, 15) is 0 Å². The van der Waals surface area contributed by atoms with E-state index >= 15 is 0 Å². The van der Waals surface area contributed by atoms with Crippen molar-refractivity contribution < 1.29 is 4.74 Å². The van der Waals surface area contributed by atoms with E-state index in [4.69, 9.17) is 11.2 Å². The van der Waals surface area contributed by atoms with E-state index in [1.165, 1.54) is 5.56 Å². The summed E-state index contributed by atoms with van der Waals surface area (Å²) >= 11 is 0. The standard InChI is InChI=1S/C16H21N3O.HI/c1-2-10-17-16(19-13-15-9-6-11-20-15)18-12-14-7-4-3-5-8-14;/h1,3-5,7-8,15H,6,9-13H2,(H2,17,18,19);1H. The Bertz CT molecular complexity index is 464. The molecule has 1 aromatic carbocycles. The van der Waals surface area contributed by atoms with E-state index in [0.29, 0.717) is 13.1 Å². The molecule has 0 amide bonds. The van der Waals surface area contributed by atoms with Crippen LogP contribution < -0.4 is 10.6 Å². The molecule has 0 spiro atoms. The van der Waals surface area contributed by atoms with Gasteiger partial charge >= 0.3 is 0 Å². The van der Waals surface area contributed by atoms with Gasteiger partial charge in [-0.15, -0.1) is 30.4 Å². The maximum absolute atomic E-state index is 5.58. The van der Waals surface area contributed by atoms with E-state index in [-0.39, 0.29) is 30.1 Å². The molecule has 1 unspecified atom stereocenters. The van der Waals surface area contributed by atoms with Crippen molar-refractivity contribution in [2.45, 2.75) is 25.5 Å². The molecular weight excluding hydrogens is 377 g/mol. The monoisotopic (exact) mass is 399 g/mol. The quantitative estimate of drug-likeness (QED) is 0.345. The SMILES string of the molecule is C#CCNC(=NCc1ccccc1)NCC1CCCO1.I. The molecule has 1 atom stereocenters. The third-order valence-electron chi connectivity index (χ3n) is 3.14. The van der Waals surface area contributed by atoms with Gasteiger partial charge in [0.1, 0.15) is 0 Å². The minimum Gasteiger partial charge on any atom is -0.376 e. The molecule has 4 nitrogen and oxygen atoms in total. The molecule has 2 N–H and O–H groups in total. The van der Waals surface area contributed by atoms with Gasteiger partial charge in [0.05, 0.1) is 19.2 Å². The molecule has 0 saturated carbocycles. The minimum atomic E-state index is 0. The van der Waals surface area contributed by atoms with Crippen molar-refractivity contribution in [1.82, 2.24) is 10.6 Å². The van der Waals surface area contributed by atoms with Crippen LogP contribution in [0.4, 0.5) is 0 Å². The van der Waals surface area contributed by atoms with E-state index in [0.717, 1.165) is 32.0 Å². The van der Waals surface area contributed by atoms with Gasteiger partial charge in [-0.3, -0.25) is 0 Å². The maximum Gasteiger partial charge on any atom is 0.192 e. The first-order valence-corrected chi connectivity index (χ1v) is 6.99. The van der Waals surface area contributed by atoms with Gasteiger partial charge in [0, 0.05) is 13.2 Å². The Kier molecular flexibility index (Phi) is 8.87. The lowest BCUT2D eigenvalue weighted by molar-refractivity contribution is 0.114. The Balaban J connectivity index is 0.00000220. The van der Waals surface area contributed by atoms with Crippen LogP contribution in [0.5, 0.6) is 0 Å². The second-order valence-corrected chi connectivity index (χ2v) is 4.72. The van der Waals surface area contributed by atoms with Gasteiger partial charge in [-0.25, -0.2) is 4.99 Å². The Morgan fingerprint density at radius 2 is 2.14 bits per heavy atom. The van der Waals surface area contributed by atoms with Gasteiger partial charge in [-0.1, -0.05) is 36.3 Å². The molecule has 21 heavy (non-hydrogen) atoms. The summed E-state index contributed by atoms with van der Waals surface area (Å²) in [5, 5.41) is 6.40. The van der Waals surface area contributed by atoms with Crippen molar-refractivity contribution in [3.63, 3.8) is 0 Å². The van der Waals surface area contributed by atoms with Crippen LogP contribution in [0.25, 0.3) is 0 Å². The second kappa shape index (κ2) is 10.5. The topological polar surface area (TPSA) is 45.7 Å². The molecule has 5 heteroatoms. The molecule has 1 aromatic rings. The Labute approximate surface area is 143 Å². The van der Waals surface area contributed by atoms with Gasteiger partial charge in [0.25, 0.3) is 0 Å². The largest absolute Gasteiger partial charge is 0.376 e. The highest BCUT2D eigenvalue weighted by Gasteiger charge is 2.15. The number of ether oxygens (including phenoxy) is 1. The van der Waals surface area contributed by atoms with E-state index in [2.05, 4.69) is 33.7 Å². The average molecular weight is 399 g/mol. The number of hydrogen-bond acceptors (Lipinski definition) is 2. The van der Waals surface area contributed by atoms with Crippen LogP contribution in [0.1, 0.15) is 18.4 Å². The van der Waals surface area contributed by atoms with Crippen LogP contribution in [-0.4, -0.2) is 31.8 Å². The summed E-state index contributed by atoms with van der Waals surface area (Å²) < 4.78 is 5.58. The van der Waals surface area contributed by atoms with E-state index < -0.39 is 0 Å². The van der Waals surface area contributed by atoms with Crippen molar-refractivity contribution in [2.75, 3.05) is 19.7 Å². The first-order chi connectivity index (χ1) is 9.88. The highest BCUT2D eigenvalue weighted by atomic mass is 127. The normalized spacial score (nSPS) is 17.7. The van der Waals surface area contributed by atoms with Crippen molar-refractivity contribution in [3.05, 3.63) is 35.9 Å². The predicted octanol–water partition coefficient (Wildman–Crippen LogP) is 2.15. The molecule has 0 radical (unpaired) electrons. The number of nitrogens with zero attached hydrogens (tertiary/aromatic N) is 1. The van der Waals surface area contributed by atoms with Gasteiger partial charge < -0.3 is 15.4 Å². The number of guanidine groups is 1. The lowest BCUT2D eigenvalue weighted by Crippen LogP contribution is -2.41. The molecule has 1 aliphatic rings. The van der Waals surface area contributed by atoms with Crippen LogP contribution in [0.15, 0.2) is 35.3 Å². The molecule has 0 aliphatic carbocycles.